The normalized spacial score (nSPS) is 26.7. The Labute approximate surface area is 138 Å². The minimum Gasteiger partial charge on any atom is -0.508 e. The number of phenolic OH excluding ortho intramolecular Hbond substituents is 1. The molecule has 0 aromatic heterocycles. The van der Waals surface area contributed by atoms with Crippen molar-refractivity contribution in [2.24, 2.45) is 5.92 Å². The van der Waals surface area contributed by atoms with E-state index < -0.39 is 0 Å². The molecule has 23 heavy (non-hydrogen) atoms. The zero-order chi connectivity index (χ0) is 15.6. The second-order valence-electron chi connectivity index (χ2n) is 6.84. The molecule has 3 saturated heterocycles. The van der Waals surface area contributed by atoms with Crippen LogP contribution in [0.1, 0.15) is 35.4 Å². The van der Waals surface area contributed by atoms with E-state index in [4.69, 9.17) is 0 Å². The zero-order valence-electron chi connectivity index (χ0n) is 13.4. The van der Waals surface area contributed by atoms with Crippen molar-refractivity contribution in [2.45, 2.75) is 18.8 Å². The van der Waals surface area contributed by atoms with Crippen LogP contribution in [0, 0.1) is 5.92 Å². The molecule has 0 saturated carbocycles. The van der Waals surface area contributed by atoms with Crippen LogP contribution in [0.15, 0.2) is 48.5 Å². The van der Waals surface area contributed by atoms with Crippen molar-refractivity contribution in [1.82, 2.24) is 4.90 Å². The molecule has 2 bridgehead atoms. The van der Waals surface area contributed by atoms with Crippen molar-refractivity contribution in [3.8, 4) is 5.75 Å². The summed E-state index contributed by atoms with van der Waals surface area (Å²) in [5.41, 5.74) is 3.83. The van der Waals surface area contributed by atoms with Crippen molar-refractivity contribution in [3.63, 3.8) is 0 Å². The number of hydrogen-bond acceptors (Lipinski definition) is 2. The Kier molecular flexibility index (Phi) is 3.92. The van der Waals surface area contributed by atoms with E-state index in [1.54, 1.807) is 12.1 Å². The van der Waals surface area contributed by atoms with E-state index >= 15 is 0 Å². The van der Waals surface area contributed by atoms with Crippen LogP contribution in [0.5, 0.6) is 5.75 Å². The van der Waals surface area contributed by atoms with Crippen LogP contribution in [0.3, 0.4) is 0 Å². The van der Waals surface area contributed by atoms with Gasteiger partial charge in [0.2, 0.25) is 0 Å². The van der Waals surface area contributed by atoms with Crippen LogP contribution in [0.2, 0.25) is 0 Å². The number of nitrogens with zero attached hydrogens (tertiary/aromatic N) is 1. The molecule has 0 radical (unpaired) electrons. The summed E-state index contributed by atoms with van der Waals surface area (Å²) in [6.45, 7) is 3.84. The predicted molar refractivity (Wildman–Crippen MR) is 95.4 cm³/mol. The molecule has 3 heterocycles. The first kappa shape index (κ1) is 14.5. The highest BCUT2D eigenvalue weighted by Gasteiger charge is 2.34. The lowest BCUT2D eigenvalue weighted by Crippen LogP contribution is -2.46. The van der Waals surface area contributed by atoms with E-state index in [0.29, 0.717) is 5.75 Å². The Morgan fingerprint density at radius 1 is 0.826 bits per heavy atom. The molecule has 2 heteroatoms. The average Bonchev–Trinajstić information content (AvgIpc) is 2.63. The van der Waals surface area contributed by atoms with Gasteiger partial charge in [0.1, 0.15) is 5.75 Å². The molecule has 3 aliphatic rings. The standard InChI is InChI=1S/C21H23NO/c23-20-9-5-17(6-10-20)2-1-16-3-7-18(8-4-16)21-15-22-13-11-19(21)12-14-22/h1-10,19,21,23H,11-15H2. The van der Waals surface area contributed by atoms with E-state index in [0.717, 1.165) is 17.4 Å². The van der Waals surface area contributed by atoms with Crippen molar-refractivity contribution >= 4 is 12.2 Å². The van der Waals surface area contributed by atoms with Gasteiger partial charge in [0.15, 0.2) is 0 Å². The van der Waals surface area contributed by atoms with Gasteiger partial charge in [0.25, 0.3) is 0 Å². The van der Waals surface area contributed by atoms with Crippen LogP contribution in [0.4, 0.5) is 0 Å². The Hall–Kier alpha value is -2.06. The fourth-order valence-electron chi connectivity index (χ4n) is 3.97. The smallest absolute Gasteiger partial charge is 0.115 e. The van der Waals surface area contributed by atoms with Crippen LogP contribution in [-0.2, 0) is 0 Å². The molecule has 2 aromatic carbocycles. The highest BCUT2D eigenvalue weighted by atomic mass is 16.3. The summed E-state index contributed by atoms with van der Waals surface area (Å²) in [6.07, 6.45) is 6.95. The highest BCUT2D eigenvalue weighted by molar-refractivity contribution is 5.69. The van der Waals surface area contributed by atoms with Gasteiger partial charge in [-0.15, -0.1) is 0 Å². The third-order valence-electron chi connectivity index (χ3n) is 5.38. The maximum Gasteiger partial charge on any atom is 0.115 e. The van der Waals surface area contributed by atoms with E-state index in [1.807, 2.05) is 12.1 Å². The van der Waals surface area contributed by atoms with Crippen LogP contribution in [0.25, 0.3) is 12.2 Å². The summed E-state index contributed by atoms with van der Waals surface area (Å²) in [5.74, 6) is 1.93. The Morgan fingerprint density at radius 3 is 1.91 bits per heavy atom. The molecule has 0 aliphatic carbocycles. The molecule has 1 atom stereocenters. The minimum absolute atomic E-state index is 0.309. The second kappa shape index (κ2) is 6.21. The van der Waals surface area contributed by atoms with Gasteiger partial charge in [-0.2, -0.15) is 0 Å². The number of phenols is 1. The minimum atomic E-state index is 0.309. The molecule has 2 aromatic rings. The van der Waals surface area contributed by atoms with Crippen LogP contribution < -0.4 is 0 Å². The number of piperidine rings is 3. The highest BCUT2D eigenvalue weighted by Crippen LogP contribution is 2.38. The first-order valence-electron chi connectivity index (χ1n) is 8.57. The summed E-state index contributed by atoms with van der Waals surface area (Å²) in [7, 11) is 0. The molecule has 1 N–H and O–H groups in total. The third-order valence-corrected chi connectivity index (χ3v) is 5.38. The van der Waals surface area contributed by atoms with E-state index in [-0.39, 0.29) is 0 Å². The zero-order valence-corrected chi connectivity index (χ0v) is 13.4. The summed E-state index contributed by atoms with van der Waals surface area (Å²) in [5, 5.41) is 9.31. The summed E-state index contributed by atoms with van der Waals surface area (Å²) >= 11 is 0. The molecule has 5 rings (SSSR count). The van der Waals surface area contributed by atoms with E-state index in [9.17, 15) is 5.11 Å². The Balaban J connectivity index is 1.46. The number of aromatic hydroxyl groups is 1. The number of hydrogen-bond donors (Lipinski definition) is 1. The monoisotopic (exact) mass is 305 g/mol. The van der Waals surface area contributed by atoms with Crippen molar-refractivity contribution in [3.05, 3.63) is 65.2 Å². The predicted octanol–water partition coefficient (Wildman–Crippen LogP) is 4.37. The maximum absolute atomic E-state index is 9.31. The lowest BCUT2D eigenvalue weighted by molar-refractivity contribution is 0.0871. The quantitative estimate of drug-likeness (QED) is 0.851. The summed E-state index contributed by atoms with van der Waals surface area (Å²) in [4.78, 5) is 2.61. The molecule has 1 unspecified atom stereocenters. The number of fused-ring (bicyclic) bond motifs is 3. The molecular weight excluding hydrogens is 282 g/mol. The van der Waals surface area contributed by atoms with Crippen LogP contribution >= 0.6 is 0 Å². The van der Waals surface area contributed by atoms with Crippen molar-refractivity contribution < 1.29 is 5.11 Å². The first-order valence-corrected chi connectivity index (χ1v) is 8.57. The summed E-state index contributed by atoms with van der Waals surface area (Å²) in [6, 6.07) is 16.4. The van der Waals surface area contributed by atoms with E-state index in [1.165, 1.54) is 43.6 Å². The topological polar surface area (TPSA) is 23.5 Å². The van der Waals surface area contributed by atoms with Gasteiger partial charge in [-0.05, 0) is 66.6 Å². The molecule has 0 amide bonds. The Morgan fingerprint density at radius 2 is 1.39 bits per heavy atom. The lowest BCUT2D eigenvalue weighted by atomic mass is 9.75. The number of benzene rings is 2. The fourth-order valence-corrected chi connectivity index (χ4v) is 3.97. The first-order chi connectivity index (χ1) is 11.3. The van der Waals surface area contributed by atoms with Gasteiger partial charge in [-0.25, -0.2) is 0 Å². The van der Waals surface area contributed by atoms with Crippen molar-refractivity contribution in [2.75, 3.05) is 19.6 Å². The fraction of sp³-hybridized carbons (Fsp3) is 0.333. The van der Waals surface area contributed by atoms with Gasteiger partial charge < -0.3 is 10.0 Å². The molecule has 3 fully saturated rings. The second-order valence-corrected chi connectivity index (χ2v) is 6.84. The Bertz CT molecular complexity index is 679. The maximum atomic E-state index is 9.31. The summed E-state index contributed by atoms with van der Waals surface area (Å²) < 4.78 is 0. The SMILES string of the molecule is Oc1ccc(C=Cc2ccc(C3CN4CCC3CC4)cc2)cc1. The van der Waals surface area contributed by atoms with E-state index in [2.05, 4.69) is 41.3 Å². The van der Waals surface area contributed by atoms with Gasteiger partial charge >= 0.3 is 0 Å². The van der Waals surface area contributed by atoms with Crippen LogP contribution in [-0.4, -0.2) is 29.6 Å². The van der Waals surface area contributed by atoms with Gasteiger partial charge in [-0.3, -0.25) is 0 Å². The molecule has 118 valence electrons. The largest absolute Gasteiger partial charge is 0.508 e. The van der Waals surface area contributed by atoms with Crippen molar-refractivity contribution in [1.29, 1.82) is 0 Å². The van der Waals surface area contributed by atoms with Gasteiger partial charge in [0.05, 0.1) is 0 Å². The molecule has 3 aliphatic heterocycles. The molecule has 0 spiro atoms. The number of rotatable bonds is 3. The average molecular weight is 305 g/mol. The molecular formula is C21H23NO. The third kappa shape index (κ3) is 3.18. The molecule has 2 nitrogen and oxygen atoms in total. The van der Waals surface area contributed by atoms with Gasteiger partial charge in [-0.1, -0.05) is 48.6 Å². The lowest BCUT2D eigenvalue weighted by Gasteiger charge is -2.45. The van der Waals surface area contributed by atoms with Gasteiger partial charge in [0, 0.05) is 6.54 Å².